The highest BCUT2D eigenvalue weighted by molar-refractivity contribution is 5.92. The van der Waals surface area contributed by atoms with Crippen molar-refractivity contribution in [3.63, 3.8) is 0 Å². The van der Waals surface area contributed by atoms with Crippen LogP contribution in [0.4, 0.5) is 0 Å². The SMILES string of the molecule is COC[C@H]1NC(=O)[C@H](C(C)C)OC(=O)C(C)(C)/C=C/c2ccc3ccc(nc3c2)[C@@H](C)NC(=O)[C@@H]2CCCN(N2)C1=O. The molecular weight excluding hydrogens is 538 g/mol. The second-order valence-electron chi connectivity index (χ2n) is 11.9. The average molecular weight is 580 g/mol. The molecule has 2 aliphatic rings. The van der Waals surface area contributed by atoms with Crippen LogP contribution in [0.15, 0.2) is 36.4 Å². The molecule has 3 heterocycles. The van der Waals surface area contributed by atoms with E-state index in [9.17, 15) is 19.2 Å². The second kappa shape index (κ2) is 13.0. The Morgan fingerprint density at radius 1 is 1.10 bits per heavy atom. The van der Waals surface area contributed by atoms with Gasteiger partial charge in [-0.25, -0.2) is 5.43 Å². The first-order valence-corrected chi connectivity index (χ1v) is 14.4. The number of pyridine rings is 1. The van der Waals surface area contributed by atoms with Crippen molar-refractivity contribution in [2.75, 3.05) is 20.3 Å². The Labute approximate surface area is 246 Å². The molecule has 3 N–H and O–H groups in total. The van der Waals surface area contributed by atoms with Crippen LogP contribution in [-0.4, -0.2) is 72.1 Å². The summed E-state index contributed by atoms with van der Waals surface area (Å²) >= 11 is 0. The Bertz CT molecular complexity index is 1370. The molecule has 5 bridgehead atoms. The van der Waals surface area contributed by atoms with Gasteiger partial charge in [-0.3, -0.25) is 29.2 Å². The monoisotopic (exact) mass is 579 g/mol. The van der Waals surface area contributed by atoms with E-state index < -0.39 is 41.4 Å². The molecule has 0 aliphatic carbocycles. The zero-order chi connectivity index (χ0) is 30.6. The number of hydrazine groups is 1. The van der Waals surface area contributed by atoms with Gasteiger partial charge in [-0.1, -0.05) is 44.2 Å². The Balaban J connectivity index is 1.72. The van der Waals surface area contributed by atoms with Gasteiger partial charge in [0.15, 0.2) is 6.10 Å². The first-order chi connectivity index (χ1) is 19.9. The number of nitrogens with one attached hydrogen (secondary N) is 3. The number of esters is 1. The molecule has 11 heteroatoms. The maximum atomic E-state index is 13.5. The van der Waals surface area contributed by atoms with Gasteiger partial charge in [0.2, 0.25) is 5.91 Å². The number of fused-ring (bicyclic) bond motifs is 4. The van der Waals surface area contributed by atoms with Gasteiger partial charge in [0.1, 0.15) is 12.1 Å². The first kappa shape index (κ1) is 31.1. The van der Waals surface area contributed by atoms with Crippen LogP contribution in [0, 0.1) is 11.3 Å². The molecule has 1 saturated heterocycles. The number of hydrogen-bond acceptors (Lipinski definition) is 8. The Kier molecular flexibility index (Phi) is 9.63. The van der Waals surface area contributed by atoms with Crippen LogP contribution >= 0.6 is 0 Å². The number of benzene rings is 1. The fraction of sp³-hybridized carbons (Fsp3) is 0.516. The molecule has 42 heavy (non-hydrogen) atoms. The molecular formula is C31H41N5O6. The number of methoxy groups -OCH3 is 1. The summed E-state index contributed by atoms with van der Waals surface area (Å²) in [4.78, 5) is 58.2. The van der Waals surface area contributed by atoms with Crippen LogP contribution in [0.3, 0.4) is 0 Å². The molecule has 1 aromatic heterocycles. The highest BCUT2D eigenvalue weighted by atomic mass is 16.5. The third-order valence-electron chi connectivity index (χ3n) is 7.57. The third-order valence-corrected chi connectivity index (χ3v) is 7.57. The number of carbonyl (C=O) groups excluding carboxylic acids is 4. The zero-order valence-corrected chi connectivity index (χ0v) is 25.1. The molecule has 1 fully saturated rings. The van der Waals surface area contributed by atoms with Gasteiger partial charge in [-0.2, -0.15) is 0 Å². The summed E-state index contributed by atoms with van der Waals surface area (Å²) in [7, 11) is 1.43. The largest absolute Gasteiger partial charge is 0.451 e. The fourth-order valence-electron chi connectivity index (χ4n) is 4.93. The highest BCUT2D eigenvalue weighted by Crippen LogP contribution is 2.25. The standard InChI is InChI=1S/C31H41N5O6/c1-18(2)26-28(38)34-25(17-41-6)29(39)36-15-7-8-23(35-36)27(37)32-19(3)22-12-11-21-10-9-20(16-24(21)33-22)13-14-31(4,5)30(40)42-26/h9-14,16,18-19,23,25-26,35H,7-8,15,17H2,1-6H3,(H,32,37)(H,34,38)/b14-13+/t19-,23+,25-,26+/m1/s1. The van der Waals surface area contributed by atoms with Gasteiger partial charge in [-0.05, 0) is 57.2 Å². The summed E-state index contributed by atoms with van der Waals surface area (Å²) in [6, 6.07) is 7.54. The van der Waals surface area contributed by atoms with E-state index >= 15 is 0 Å². The van der Waals surface area contributed by atoms with Crippen LogP contribution in [0.25, 0.3) is 17.0 Å². The van der Waals surface area contributed by atoms with E-state index in [0.717, 1.165) is 16.5 Å². The molecule has 3 amide bonds. The van der Waals surface area contributed by atoms with Crippen molar-refractivity contribution in [2.24, 2.45) is 11.3 Å². The number of ether oxygens (including phenoxy) is 2. The van der Waals surface area contributed by atoms with Crippen molar-refractivity contribution in [3.8, 4) is 0 Å². The third kappa shape index (κ3) is 7.14. The molecule has 0 unspecified atom stereocenters. The summed E-state index contributed by atoms with van der Waals surface area (Å²) < 4.78 is 11.0. The van der Waals surface area contributed by atoms with Gasteiger partial charge >= 0.3 is 5.97 Å². The summed E-state index contributed by atoms with van der Waals surface area (Å²) in [5.74, 6) is -2.25. The Morgan fingerprint density at radius 2 is 1.83 bits per heavy atom. The molecule has 0 radical (unpaired) electrons. The summed E-state index contributed by atoms with van der Waals surface area (Å²) in [6.45, 7) is 9.08. The Hall–Kier alpha value is -3.83. The number of nitrogens with zero attached hydrogens (tertiary/aromatic N) is 2. The average Bonchev–Trinajstić information content (AvgIpc) is 2.96. The fourth-order valence-corrected chi connectivity index (χ4v) is 4.93. The van der Waals surface area contributed by atoms with Gasteiger partial charge in [0, 0.05) is 19.0 Å². The zero-order valence-electron chi connectivity index (χ0n) is 25.1. The van der Waals surface area contributed by atoms with Crippen molar-refractivity contribution in [1.82, 2.24) is 26.1 Å². The van der Waals surface area contributed by atoms with E-state index in [2.05, 4.69) is 16.1 Å². The van der Waals surface area contributed by atoms with Crippen LogP contribution in [0.5, 0.6) is 0 Å². The van der Waals surface area contributed by atoms with E-state index in [1.807, 2.05) is 43.3 Å². The second-order valence-corrected chi connectivity index (χ2v) is 11.9. The number of amides is 3. The summed E-state index contributed by atoms with van der Waals surface area (Å²) in [6.07, 6.45) is 3.54. The summed E-state index contributed by atoms with van der Waals surface area (Å²) in [5.41, 5.74) is 4.24. The lowest BCUT2D eigenvalue weighted by molar-refractivity contribution is -0.165. The molecule has 226 valence electrons. The van der Waals surface area contributed by atoms with E-state index in [4.69, 9.17) is 14.5 Å². The number of rotatable bonds is 3. The summed E-state index contributed by atoms with van der Waals surface area (Å²) in [5, 5.41) is 8.01. The minimum atomic E-state index is -1.14. The topological polar surface area (TPSA) is 139 Å². The maximum Gasteiger partial charge on any atom is 0.316 e. The molecule has 11 nitrogen and oxygen atoms in total. The van der Waals surface area contributed by atoms with Crippen LogP contribution in [0.1, 0.15) is 64.8 Å². The lowest BCUT2D eigenvalue weighted by atomic mass is 9.92. The molecule has 4 rings (SSSR count). The molecule has 1 aromatic carbocycles. The normalized spacial score (nSPS) is 26.5. The van der Waals surface area contributed by atoms with Gasteiger partial charge in [-0.15, -0.1) is 0 Å². The molecule has 2 aromatic rings. The van der Waals surface area contributed by atoms with Crippen LogP contribution < -0.4 is 16.1 Å². The van der Waals surface area contributed by atoms with Crippen molar-refractivity contribution in [2.45, 2.75) is 71.7 Å². The maximum absolute atomic E-state index is 13.5. The van der Waals surface area contributed by atoms with Crippen molar-refractivity contribution < 1.29 is 28.7 Å². The predicted molar refractivity (Wildman–Crippen MR) is 158 cm³/mol. The van der Waals surface area contributed by atoms with Gasteiger partial charge < -0.3 is 20.1 Å². The lowest BCUT2D eigenvalue weighted by Crippen LogP contribution is -2.62. The molecule has 4 atom stereocenters. The van der Waals surface area contributed by atoms with Gasteiger partial charge in [0.25, 0.3) is 11.8 Å². The number of cyclic esters (lactones) is 1. The number of aromatic nitrogens is 1. The predicted octanol–water partition coefficient (Wildman–Crippen LogP) is 2.66. The van der Waals surface area contributed by atoms with E-state index in [0.29, 0.717) is 25.1 Å². The Morgan fingerprint density at radius 3 is 2.55 bits per heavy atom. The molecule has 2 aliphatic heterocycles. The quantitative estimate of drug-likeness (QED) is 0.472. The van der Waals surface area contributed by atoms with Crippen molar-refractivity contribution in [1.29, 1.82) is 0 Å². The van der Waals surface area contributed by atoms with E-state index in [1.165, 1.54) is 12.1 Å². The first-order valence-electron chi connectivity index (χ1n) is 14.4. The van der Waals surface area contributed by atoms with Crippen molar-refractivity contribution in [3.05, 3.63) is 47.7 Å². The van der Waals surface area contributed by atoms with E-state index in [-0.39, 0.29) is 24.5 Å². The number of carbonyl (C=O) groups is 4. The highest BCUT2D eigenvalue weighted by Gasteiger charge is 2.37. The smallest absolute Gasteiger partial charge is 0.316 e. The molecule has 0 saturated carbocycles. The van der Waals surface area contributed by atoms with Crippen molar-refractivity contribution >= 4 is 40.7 Å². The minimum Gasteiger partial charge on any atom is -0.451 e. The lowest BCUT2D eigenvalue weighted by Gasteiger charge is -2.36. The van der Waals surface area contributed by atoms with Gasteiger partial charge in [0.05, 0.1) is 29.3 Å². The van der Waals surface area contributed by atoms with Crippen LogP contribution in [-0.2, 0) is 28.7 Å². The van der Waals surface area contributed by atoms with E-state index in [1.54, 1.807) is 33.8 Å². The van der Waals surface area contributed by atoms with Crippen LogP contribution in [0.2, 0.25) is 0 Å². The number of hydrogen-bond donors (Lipinski definition) is 3. The molecule has 0 spiro atoms. The minimum absolute atomic E-state index is 0.101.